The zero-order valence-electron chi connectivity index (χ0n) is 17.5. The Morgan fingerprint density at radius 1 is 1.10 bits per heavy atom. The average Bonchev–Trinajstić information content (AvgIpc) is 3.26. The van der Waals surface area contributed by atoms with Gasteiger partial charge in [0, 0.05) is 54.1 Å². The number of aromatic amines is 1. The van der Waals surface area contributed by atoms with Crippen molar-refractivity contribution in [3.63, 3.8) is 0 Å². The van der Waals surface area contributed by atoms with E-state index in [1.165, 1.54) is 4.90 Å². The fraction of sp³-hybridized carbons (Fsp3) is 0.250. The molecule has 6 nitrogen and oxygen atoms in total. The summed E-state index contributed by atoms with van der Waals surface area (Å²) in [6, 6.07) is 14.5. The lowest BCUT2D eigenvalue weighted by atomic mass is 9.91. The zero-order valence-corrected chi connectivity index (χ0v) is 17.5. The second-order valence-corrected chi connectivity index (χ2v) is 8.06. The number of aliphatic hydroxyl groups is 1. The molecule has 1 aliphatic heterocycles. The molecule has 4 rings (SSSR count). The highest BCUT2D eigenvalue weighted by molar-refractivity contribution is 6.17. The van der Waals surface area contributed by atoms with Crippen LogP contribution in [-0.2, 0) is 9.59 Å². The summed E-state index contributed by atoms with van der Waals surface area (Å²) in [6.07, 6.45) is 1.82. The minimum Gasteiger partial charge on any atom is -0.503 e. The van der Waals surface area contributed by atoms with Crippen LogP contribution in [0.1, 0.15) is 25.5 Å². The Morgan fingerprint density at radius 2 is 1.77 bits per heavy atom. The number of fused-ring (bicyclic) bond motifs is 1. The SMILES string of the molecule is CC(C)C(=O)C1=C(O)C(=O)N(c2ccc(N(C)C)cc2)C1c1c[nH]c2ccccc12. The van der Waals surface area contributed by atoms with Crippen LogP contribution in [0.4, 0.5) is 11.4 Å². The van der Waals surface area contributed by atoms with Crippen molar-refractivity contribution in [2.75, 3.05) is 23.9 Å². The van der Waals surface area contributed by atoms with E-state index in [0.717, 1.165) is 22.2 Å². The quantitative estimate of drug-likeness (QED) is 0.664. The molecule has 0 saturated carbocycles. The predicted octanol–water partition coefficient (Wildman–Crippen LogP) is 4.36. The molecular weight excluding hydrogens is 378 g/mol. The summed E-state index contributed by atoms with van der Waals surface area (Å²) in [5.74, 6) is -1.62. The number of hydrogen-bond acceptors (Lipinski definition) is 4. The maximum absolute atomic E-state index is 13.1. The van der Waals surface area contributed by atoms with Crippen molar-refractivity contribution in [1.82, 2.24) is 4.98 Å². The number of aliphatic hydroxyl groups excluding tert-OH is 1. The number of benzene rings is 2. The number of hydrogen-bond donors (Lipinski definition) is 2. The van der Waals surface area contributed by atoms with Crippen LogP contribution in [0.3, 0.4) is 0 Å². The van der Waals surface area contributed by atoms with Crippen LogP contribution in [0, 0.1) is 5.92 Å². The van der Waals surface area contributed by atoms with Crippen molar-refractivity contribution >= 4 is 34.0 Å². The fourth-order valence-electron chi connectivity index (χ4n) is 3.96. The minimum atomic E-state index is -0.700. The Kier molecular flexibility index (Phi) is 4.86. The lowest BCUT2D eigenvalue weighted by Gasteiger charge is -2.27. The van der Waals surface area contributed by atoms with Gasteiger partial charge in [0.2, 0.25) is 0 Å². The van der Waals surface area contributed by atoms with Gasteiger partial charge >= 0.3 is 0 Å². The maximum atomic E-state index is 13.1. The second-order valence-electron chi connectivity index (χ2n) is 8.06. The van der Waals surface area contributed by atoms with Crippen LogP contribution in [0.15, 0.2) is 66.1 Å². The summed E-state index contributed by atoms with van der Waals surface area (Å²) in [4.78, 5) is 32.9. The van der Waals surface area contributed by atoms with Crippen molar-refractivity contribution < 1.29 is 14.7 Å². The summed E-state index contributed by atoms with van der Waals surface area (Å²) in [7, 11) is 3.88. The molecule has 0 saturated heterocycles. The van der Waals surface area contributed by atoms with Crippen molar-refractivity contribution in [1.29, 1.82) is 0 Å². The van der Waals surface area contributed by atoms with Gasteiger partial charge in [0.05, 0.1) is 11.6 Å². The first-order valence-electron chi connectivity index (χ1n) is 9.95. The maximum Gasteiger partial charge on any atom is 0.294 e. The van der Waals surface area contributed by atoms with Gasteiger partial charge < -0.3 is 15.0 Å². The first kappa shape index (κ1) is 19.8. The Balaban J connectivity index is 1.91. The smallest absolute Gasteiger partial charge is 0.294 e. The Labute approximate surface area is 175 Å². The lowest BCUT2D eigenvalue weighted by Crippen LogP contribution is -2.31. The van der Waals surface area contributed by atoms with Crippen LogP contribution < -0.4 is 9.80 Å². The molecule has 1 aromatic heterocycles. The van der Waals surface area contributed by atoms with E-state index in [4.69, 9.17) is 0 Å². The minimum absolute atomic E-state index is 0.149. The monoisotopic (exact) mass is 403 g/mol. The number of para-hydroxylation sites is 1. The van der Waals surface area contributed by atoms with E-state index in [1.54, 1.807) is 13.8 Å². The molecule has 2 N–H and O–H groups in total. The van der Waals surface area contributed by atoms with E-state index in [0.29, 0.717) is 5.69 Å². The molecule has 2 heterocycles. The number of carbonyl (C=O) groups excluding carboxylic acids is 2. The van der Waals surface area contributed by atoms with Gasteiger partial charge in [-0.2, -0.15) is 0 Å². The third kappa shape index (κ3) is 3.05. The van der Waals surface area contributed by atoms with Crippen LogP contribution in [0.25, 0.3) is 10.9 Å². The fourth-order valence-corrected chi connectivity index (χ4v) is 3.96. The molecule has 1 unspecified atom stereocenters. The molecule has 1 amide bonds. The van der Waals surface area contributed by atoms with Gasteiger partial charge in [-0.05, 0) is 30.3 Å². The number of nitrogens with one attached hydrogen (secondary N) is 1. The van der Waals surface area contributed by atoms with Gasteiger partial charge in [-0.1, -0.05) is 32.0 Å². The van der Waals surface area contributed by atoms with E-state index in [1.807, 2.05) is 73.7 Å². The zero-order chi connectivity index (χ0) is 21.6. The number of anilines is 2. The van der Waals surface area contributed by atoms with Gasteiger partial charge in [0.25, 0.3) is 5.91 Å². The number of rotatable bonds is 5. The van der Waals surface area contributed by atoms with E-state index in [-0.39, 0.29) is 17.3 Å². The summed E-state index contributed by atoms with van der Waals surface area (Å²) in [6.45, 7) is 3.54. The molecule has 0 aliphatic carbocycles. The molecule has 1 atom stereocenters. The molecule has 0 fully saturated rings. The molecule has 0 bridgehead atoms. The average molecular weight is 403 g/mol. The number of H-pyrrole nitrogens is 1. The molecule has 0 radical (unpaired) electrons. The van der Waals surface area contributed by atoms with Crippen LogP contribution in [0.5, 0.6) is 0 Å². The molecule has 1 aliphatic rings. The molecule has 6 heteroatoms. The first-order valence-corrected chi connectivity index (χ1v) is 9.95. The van der Waals surface area contributed by atoms with Crippen LogP contribution in [-0.4, -0.2) is 35.9 Å². The highest BCUT2D eigenvalue weighted by Crippen LogP contribution is 2.44. The number of carbonyl (C=O) groups is 2. The summed E-state index contributed by atoms with van der Waals surface area (Å²) in [5.41, 5.74) is 3.45. The first-order chi connectivity index (χ1) is 14.3. The molecule has 0 spiro atoms. The third-order valence-corrected chi connectivity index (χ3v) is 5.56. The number of aromatic nitrogens is 1. The second kappa shape index (κ2) is 7.37. The number of nitrogens with zero attached hydrogens (tertiary/aromatic N) is 2. The lowest BCUT2D eigenvalue weighted by molar-refractivity contribution is -0.119. The van der Waals surface area contributed by atoms with Gasteiger partial charge in [-0.15, -0.1) is 0 Å². The summed E-state index contributed by atoms with van der Waals surface area (Å²) in [5, 5.41) is 11.7. The summed E-state index contributed by atoms with van der Waals surface area (Å²) < 4.78 is 0. The molecule has 2 aromatic carbocycles. The molecule has 154 valence electrons. The van der Waals surface area contributed by atoms with Crippen molar-refractivity contribution in [2.24, 2.45) is 5.92 Å². The normalized spacial score (nSPS) is 16.8. The Morgan fingerprint density at radius 3 is 2.40 bits per heavy atom. The van der Waals surface area contributed by atoms with Gasteiger partial charge in [0.1, 0.15) is 0 Å². The van der Waals surface area contributed by atoms with E-state index < -0.39 is 17.7 Å². The van der Waals surface area contributed by atoms with E-state index in [9.17, 15) is 14.7 Å². The van der Waals surface area contributed by atoms with Crippen LogP contribution >= 0.6 is 0 Å². The predicted molar refractivity (Wildman–Crippen MR) is 119 cm³/mol. The topological polar surface area (TPSA) is 76.6 Å². The number of Topliss-reactive ketones (excluding diaryl/α,β-unsaturated/α-hetero) is 1. The van der Waals surface area contributed by atoms with Crippen molar-refractivity contribution in [3.05, 3.63) is 71.6 Å². The van der Waals surface area contributed by atoms with Gasteiger partial charge in [-0.3, -0.25) is 14.5 Å². The Bertz CT molecular complexity index is 1160. The van der Waals surface area contributed by atoms with Crippen LogP contribution in [0.2, 0.25) is 0 Å². The summed E-state index contributed by atoms with van der Waals surface area (Å²) >= 11 is 0. The highest BCUT2D eigenvalue weighted by Gasteiger charge is 2.45. The highest BCUT2D eigenvalue weighted by atomic mass is 16.3. The largest absolute Gasteiger partial charge is 0.503 e. The molecule has 3 aromatic rings. The third-order valence-electron chi connectivity index (χ3n) is 5.56. The molecular formula is C24H25N3O3. The number of ketones is 1. The van der Waals surface area contributed by atoms with Crippen molar-refractivity contribution in [3.8, 4) is 0 Å². The standard InChI is InChI=1S/C24H25N3O3/c1-14(2)22(28)20-21(18-13-25-19-8-6-5-7-17(18)19)27(24(30)23(20)29)16-11-9-15(10-12-16)26(3)4/h5-14,21,25,29H,1-4H3. The van der Waals surface area contributed by atoms with E-state index in [2.05, 4.69) is 4.98 Å². The Hall–Kier alpha value is -3.54. The number of amides is 1. The van der Waals surface area contributed by atoms with E-state index >= 15 is 0 Å². The van der Waals surface area contributed by atoms with Gasteiger partial charge in [0.15, 0.2) is 11.5 Å². The van der Waals surface area contributed by atoms with Crippen molar-refractivity contribution in [2.45, 2.75) is 19.9 Å². The van der Waals surface area contributed by atoms with Gasteiger partial charge in [-0.25, -0.2) is 0 Å². The molecule has 30 heavy (non-hydrogen) atoms.